The van der Waals surface area contributed by atoms with Gasteiger partial charge >= 0.3 is 0 Å². The lowest BCUT2D eigenvalue weighted by Crippen LogP contribution is -2.32. The number of H-pyrrole nitrogens is 1. The minimum atomic E-state index is 0.572. The molecule has 0 aliphatic carbocycles. The first-order valence-corrected chi connectivity index (χ1v) is 5.02. The minimum Gasteiger partial charge on any atom is -0.310 e. The predicted octanol–water partition coefficient (Wildman–Crippen LogP) is 1.60. The second-order valence-electron chi connectivity index (χ2n) is 4.02. The van der Waals surface area contributed by atoms with Gasteiger partial charge in [-0.05, 0) is 30.5 Å². The summed E-state index contributed by atoms with van der Waals surface area (Å²) in [7, 11) is 0. The van der Waals surface area contributed by atoms with Crippen molar-refractivity contribution in [2.75, 3.05) is 0 Å². The fourth-order valence-corrected chi connectivity index (χ4v) is 2.19. The van der Waals surface area contributed by atoms with Crippen molar-refractivity contribution in [1.82, 2.24) is 15.5 Å². The molecule has 0 radical (unpaired) electrons. The lowest BCUT2D eigenvalue weighted by molar-refractivity contribution is 0.516. The molecule has 1 unspecified atom stereocenters. The molecule has 3 heteroatoms. The molecule has 0 saturated carbocycles. The Labute approximate surface area is 82.5 Å². The van der Waals surface area contributed by atoms with Gasteiger partial charge in [0.2, 0.25) is 0 Å². The van der Waals surface area contributed by atoms with Crippen LogP contribution >= 0.6 is 0 Å². The smallest absolute Gasteiger partial charge is 0.0653 e. The Morgan fingerprint density at radius 1 is 1.43 bits per heavy atom. The van der Waals surface area contributed by atoms with E-state index in [-0.39, 0.29) is 0 Å². The second-order valence-corrected chi connectivity index (χ2v) is 4.02. The van der Waals surface area contributed by atoms with Crippen LogP contribution in [0.15, 0.2) is 18.3 Å². The highest BCUT2D eigenvalue weighted by Gasteiger charge is 2.16. The molecule has 0 spiro atoms. The van der Waals surface area contributed by atoms with E-state index in [0.717, 1.165) is 18.5 Å². The summed E-state index contributed by atoms with van der Waals surface area (Å²) in [5.74, 6) is 0. The SMILES string of the molecule is CC1Cc2c(ccc3[nH]ncc23)CN1. The fourth-order valence-electron chi connectivity index (χ4n) is 2.19. The second kappa shape index (κ2) is 2.82. The molecule has 0 amide bonds. The Kier molecular flexibility index (Phi) is 1.61. The first-order chi connectivity index (χ1) is 6.84. The summed E-state index contributed by atoms with van der Waals surface area (Å²) < 4.78 is 0. The van der Waals surface area contributed by atoms with Crippen LogP contribution in [0.25, 0.3) is 10.9 Å². The molecule has 3 rings (SSSR count). The van der Waals surface area contributed by atoms with Crippen LogP contribution < -0.4 is 5.32 Å². The van der Waals surface area contributed by atoms with Gasteiger partial charge in [-0.2, -0.15) is 5.10 Å². The van der Waals surface area contributed by atoms with E-state index in [2.05, 4.69) is 34.6 Å². The number of aromatic amines is 1. The Morgan fingerprint density at radius 3 is 3.29 bits per heavy atom. The van der Waals surface area contributed by atoms with Crippen molar-refractivity contribution in [3.05, 3.63) is 29.5 Å². The third kappa shape index (κ3) is 1.06. The van der Waals surface area contributed by atoms with Gasteiger partial charge in [-0.25, -0.2) is 0 Å². The van der Waals surface area contributed by atoms with Crippen LogP contribution in [-0.2, 0) is 13.0 Å². The maximum absolute atomic E-state index is 4.09. The highest BCUT2D eigenvalue weighted by Crippen LogP contribution is 2.24. The van der Waals surface area contributed by atoms with Crippen LogP contribution in [-0.4, -0.2) is 16.2 Å². The van der Waals surface area contributed by atoms with E-state index < -0.39 is 0 Å². The monoisotopic (exact) mass is 187 g/mol. The molecular formula is C11H13N3. The highest BCUT2D eigenvalue weighted by atomic mass is 15.1. The number of nitrogens with zero attached hydrogens (tertiary/aromatic N) is 1. The van der Waals surface area contributed by atoms with Crippen LogP contribution in [0.2, 0.25) is 0 Å². The number of rotatable bonds is 0. The fraction of sp³-hybridized carbons (Fsp3) is 0.364. The average Bonchev–Trinajstić information content (AvgIpc) is 2.65. The summed E-state index contributed by atoms with van der Waals surface area (Å²) in [4.78, 5) is 0. The van der Waals surface area contributed by atoms with Gasteiger partial charge in [0.25, 0.3) is 0 Å². The molecule has 1 aliphatic heterocycles. The number of hydrogen-bond donors (Lipinski definition) is 2. The standard InChI is InChI=1S/C11H13N3/c1-7-4-9-8(5-12-7)2-3-11-10(9)6-13-14-11/h2-3,6-7,12H,4-5H2,1H3,(H,13,14). The molecule has 2 aromatic rings. The number of fused-ring (bicyclic) bond motifs is 3. The van der Waals surface area contributed by atoms with Gasteiger partial charge in [0, 0.05) is 18.0 Å². The third-order valence-electron chi connectivity index (χ3n) is 2.98. The van der Waals surface area contributed by atoms with E-state index in [0.29, 0.717) is 6.04 Å². The Balaban J connectivity index is 2.26. The topological polar surface area (TPSA) is 40.7 Å². The van der Waals surface area contributed by atoms with E-state index in [9.17, 15) is 0 Å². The number of hydrogen-bond acceptors (Lipinski definition) is 2. The summed E-state index contributed by atoms with van der Waals surface area (Å²) in [6.07, 6.45) is 3.04. The molecule has 1 atom stereocenters. The van der Waals surface area contributed by atoms with E-state index in [4.69, 9.17) is 0 Å². The molecule has 1 aromatic carbocycles. The number of aromatic nitrogens is 2. The van der Waals surface area contributed by atoms with Crippen LogP contribution in [0.4, 0.5) is 0 Å². The van der Waals surface area contributed by atoms with Gasteiger partial charge < -0.3 is 5.32 Å². The molecular weight excluding hydrogens is 174 g/mol. The molecule has 3 nitrogen and oxygen atoms in total. The summed E-state index contributed by atoms with van der Waals surface area (Å²) in [6.45, 7) is 3.21. The number of benzene rings is 1. The van der Waals surface area contributed by atoms with Gasteiger partial charge in [-0.1, -0.05) is 6.07 Å². The first kappa shape index (κ1) is 8.00. The van der Waals surface area contributed by atoms with Crippen LogP contribution in [0.5, 0.6) is 0 Å². The molecule has 0 saturated heterocycles. The molecule has 0 fully saturated rings. The minimum absolute atomic E-state index is 0.572. The van der Waals surface area contributed by atoms with Crippen molar-refractivity contribution in [3.63, 3.8) is 0 Å². The van der Waals surface area contributed by atoms with E-state index in [1.54, 1.807) is 0 Å². The summed E-state index contributed by atoms with van der Waals surface area (Å²) in [6, 6.07) is 4.87. The lowest BCUT2D eigenvalue weighted by Gasteiger charge is -2.23. The first-order valence-electron chi connectivity index (χ1n) is 5.02. The molecule has 0 bridgehead atoms. The maximum atomic E-state index is 4.09. The van der Waals surface area contributed by atoms with Crippen LogP contribution in [0.1, 0.15) is 18.1 Å². The number of nitrogens with one attached hydrogen (secondary N) is 2. The van der Waals surface area contributed by atoms with E-state index in [1.807, 2.05) is 6.20 Å². The average molecular weight is 187 g/mol. The maximum Gasteiger partial charge on any atom is 0.0653 e. The normalized spacial score (nSPS) is 21.1. The van der Waals surface area contributed by atoms with Crippen molar-refractivity contribution in [2.45, 2.75) is 25.9 Å². The summed E-state index contributed by atoms with van der Waals surface area (Å²) in [5.41, 5.74) is 4.03. The quantitative estimate of drug-likeness (QED) is 0.657. The van der Waals surface area contributed by atoms with Crippen molar-refractivity contribution in [2.24, 2.45) is 0 Å². The zero-order chi connectivity index (χ0) is 9.54. The van der Waals surface area contributed by atoms with Gasteiger partial charge in [-0.3, -0.25) is 5.10 Å². The lowest BCUT2D eigenvalue weighted by atomic mass is 9.94. The van der Waals surface area contributed by atoms with Crippen molar-refractivity contribution >= 4 is 10.9 Å². The van der Waals surface area contributed by atoms with Gasteiger partial charge in [0.15, 0.2) is 0 Å². The van der Waals surface area contributed by atoms with E-state index in [1.165, 1.54) is 16.5 Å². The predicted molar refractivity (Wildman–Crippen MR) is 56.1 cm³/mol. The molecule has 2 N–H and O–H groups in total. The van der Waals surface area contributed by atoms with Crippen molar-refractivity contribution in [3.8, 4) is 0 Å². The van der Waals surface area contributed by atoms with Crippen molar-refractivity contribution in [1.29, 1.82) is 0 Å². The van der Waals surface area contributed by atoms with Gasteiger partial charge in [0.05, 0.1) is 11.7 Å². The third-order valence-corrected chi connectivity index (χ3v) is 2.98. The van der Waals surface area contributed by atoms with Crippen LogP contribution in [0, 0.1) is 0 Å². The Morgan fingerprint density at radius 2 is 2.36 bits per heavy atom. The molecule has 14 heavy (non-hydrogen) atoms. The summed E-state index contributed by atoms with van der Waals surface area (Å²) >= 11 is 0. The van der Waals surface area contributed by atoms with Crippen LogP contribution in [0.3, 0.4) is 0 Å². The summed E-state index contributed by atoms with van der Waals surface area (Å²) in [5, 5.41) is 11.9. The molecule has 1 aliphatic rings. The molecule has 72 valence electrons. The Bertz CT molecular complexity index is 472. The van der Waals surface area contributed by atoms with E-state index >= 15 is 0 Å². The zero-order valence-corrected chi connectivity index (χ0v) is 8.17. The van der Waals surface area contributed by atoms with Gasteiger partial charge in [-0.15, -0.1) is 0 Å². The highest BCUT2D eigenvalue weighted by molar-refractivity contribution is 5.83. The largest absolute Gasteiger partial charge is 0.310 e. The van der Waals surface area contributed by atoms with Crippen molar-refractivity contribution < 1.29 is 0 Å². The Hall–Kier alpha value is -1.35. The zero-order valence-electron chi connectivity index (χ0n) is 8.17. The van der Waals surface area contributed by atoms with Gasteiger partial charge in [0.1, 0.15) is 0 Å². The molecule has 1 aromatic heterocycles. The molecule has 2 heterocycles.